The Hall–Kier alpha value is -14.3. The minimum absolute atomic E-state index is 0.0936. The van der Waals surface area contributed by atoms with Gasteiger partial charge in [0.05, 0.1) is 44.1 Å². The first-order valence-corrected chi connectivity index (χ1v) is 39.8. The van der Waals surface area contributed by atoms with Crippen molar-refractivity contribution in [3.05, 3.63) is 411 Å². The number of para-hydroxylation sites is 2. The summed E-state index contributed by atoms with van der Waals surface area (Å²) in [5, 5.41) is 15.1. The fraction of sp³-hybridized carbons (Fsp3) is 0.0545. The highest BCUT2D eigenvalue weighted by Gasteiger charge is 2.38. The van der Waals surface area contributed by atoms with Gasteiger partial charge in [-0.15, -0.1) is 0 Å². The Kier molecular flexibility index (Phi) is 14.4. The summed E-state index contributed by atoms with van der Waals surface area (Å²) in [6.07, 6.45) is 0. The second kappa shape index (κ2) is 25.1. The lowest BCUT2D eigenvalue weighted by molar-refractivity contribution is 0.661. The van der Waals surface area contributed by atoms with Crippen molar-refractivity contribution in [2.24, 2.45) is 0 Å². The van der Waals surface area contributed by atoms with Gasteiger partial charge < -0.3 is 18.3 Å². The highest BCUT2D eigenvalue weighted by Crippen LogP contribution is 2.54. The maximum absolute atomic E-state index is 2.49. The first kappa shape index (κ1) is 65.6. The molecule has 22 aromatic rings. The number of rotatable bonds is 8. The van der Waals surface area contributed by atoms with Crippen molar-refractivity contribution in [3.8, 4) is 89.5 Å². The minimum Gasteiger partial charge on any atom is -0.309 e. The monoisotopic (exact) mass is 1450 g/mol. The van der Waals surface area contributed by atoms with Crippen LogP contribution in [0.15, 0.2) is 388 Å². The zero-order valence-electron chi connectivity index (χ0n) is 63.7. The van der Waals surface area contributed by atoms with E-state index in [1.54, 1.807) is 0 Å². The van der Waals surface area contributed by atoms with Crippen molar-refractivity contribution in [3.63, 3.8) is 0 Å². The Bertz CT molecular complexity index is 7780. The van der Waals surface area contributed by atoms with Gasteiger partial charge in [-0.1, -0.05) is 282 Å². The van der Waals surface area contributed by atoms with Crippen molar-refractivity contribution < 1.29 is 0 Å². The molecular formula is C110H76N4. The zero-order valence-corrected chi connectivity index (χ0v) is 63.7. The third-order valence-electron chi connectivity index (χ3n) is 25.4. The van der Waals surface area contributed by atoms with Crippen LogP contribution in [0.1, 0.15) is 49.9 Å². The molecule has 18 aromatic carbocycles. The van der Waals surface area contributed by atoms with E-state index in [0.29, 0.717) is 0 Å². The van der Waals surface area contributed by atoms with Crippen LogP contribution >= 0.6 is 0 Å². The molecule has 0 saturated carbocycles. The lowest BCUT2D eigenvalue weighted by atomic mass is 9.82. The van der Waals surface area contributed by atoms with Crippen molar-refractivity contribution >= 4 is 109 Å². The summed E-state index contributed by atoms with van der Waals surface area (Å²) in [6.45, 7) is 9.50. The molecule has 0 unspecified atom stereocenters. The van der Waals surface area contributed by atoms with Crippen molar-refractivity contribution in [2.75, 3.05) is 0 Å². The molecule has 0 N–H and O–H groups in total. The lowest BCUT2D eigenvalue weighted by Crippen LogP contribution is -2.14. The Morgan fingerprint density at radius 1 is 0.158 bits per heavy atom. The fourth-order valence-electron chi connectivity index (χ4n) is 19.7. The largest absolute Gasteiger partial charge is 0.309 e. The molecule has 24 rings (SSSR count). The van der Waals surface area contributed by atoms with Gasteiger partial charge in [0.25, 0.3) is 0 Å². The van der Waals surface area contributed by atoms with Crippen LogP contribution in [0.5, 0.6) is 0 Å². The average molecular weight is 1450 g/mol. The van der Waals surface area contributed by atoms with E-state index in [1.807, 2.05) is 0 Å². The molecule has 4 heteroatoms. The summed E-state index contributed by atoms with van der Waals surface area (Å²) in [5.74, 6) is 0. The average Bonchev–Trinajstić information content (AvgIpc) is 1.55. The van der Waals surface area contributed by atoms with Gasteiger partial charge in [0.1, 0.15) is 0 Å². The Morgan fingerprint density at radius 2 is 0.474 bits per heavy atom. The molecule has 0 spiro atoms. The van der Waals surface area contributed by atoms with Gasteiger partial charge in [0.15, 0.2) is 0 Å². The Labute approximate surface area is 661 Å². The number of fused-ring (bicyclic) bond motifs is 20. The van der Waals surface area contributed by atoms with Gasteiger partial charge >= 0.3 is 0 Å². The molecule has 4 nitrogen and oxygen atoms in total. The van der Waals surface area contributed by atoms with E-state index in [0.717, 1.165) is 5.69 Å². The van der Waals surface area contributed by atoms with Gasteiger partial charge in [0, 0.05) is 76.7 Å². The van der Waals surface area contributed by atoms with Crippen molar-refractivity contribution in [1.29, 1.82) is 0 Å². The number of benzene rings is 18. The zero-order chi connectivity index (χ0) is 75.7. The smallest absolute Gasteiger partial charge is 0.0547 e. The normalized spacial score (nSPS) is 13.2. The van der Waals surface area contributed by atoms with Crippen LogP contribution in [0.2, 0.25) is 0 Å². The number of aromatic nitrogens is 4. The van der Waals surface area contributed by atoms with Crippen LogP contribution in [0.3, 0.4) is 0 Å². The SMILES string of the molecule is CC1(C)c2ccccc2-c2cc3c(cc21)c1cc(-c2ccc4c(c2)c2ccccc2n4-c2ccc4ccccc4c2)ccc1n3-c1cccc(-c2ccccc2)c1.CC1(C)c2ccccc2-c2cc3c4cc(-c5ccc6c(c5)c5ccccc5n6-c5ccc6ccccc6c5)ccc4n(-c4cccc(-c5ccccc5)c4)c3cc21. The van der Waals surface area contributed by atoms with E-state index in [2.05, 4.69) is 434 Å². The predicted molar refractivity (Wildman–Crippen MR) is 482 cm³/mol. The van der Waals surface area contributed by atoms with Crippen LogP contribution in [0, 0.1) is 0 Å². The van der Waals surface area contributed by atoms with E-state index >= 15 is 0 Å². The molecule has 536 valence electrons. The van der Waals surface area contributed by atoms with Crippen LogP contribution in [-0.2, 0) is 10.8 Å². The van der Waals surface area contributed by atoms with Crippen LogP contribution in [-0.4, -0.2) is 18.3 Å². The molecule has 0 fully saturated rings. The first-order chi connectivity index (χ1) is 56.0. The summed E-state index contributed by atoms with van der Waals surface area (Å²) in [5.41, 5.74) is 34.9. The third kappa shape index (κ3) is 10.0. The van der Waals surface area contributed by atoms with E-state index in [4.69, 9.17) is 0 Å². The molecule has 114 heavy (non-hydrogen) atoms. The summed E-state index contributed by atoms with van der Waals surface area (Å²) >= 11 is 0. The second-order valence-corrected chi connectivity index (χ2v) is 32.4. The molecule has 0 aliphatic heterocycles. The van der Waals surface area contributed by atoms with Crippen molar-refractivity contribution in [1.82, 2.24) is 18.3 Å². The van der Waals surface area contributed by atoms with E-state index in [1.165, 1.54) is 215 Å². The summed E-state index contributed by atoms with van der Waals surface area (Å²) < 4.78 is 9.80. The maximum atomic E-state index is 2.49. The summed E-state index contributed by atoms with van der Waals surface area (Å²) in [6, 6.07) is 144. The molecule has 0 amide bonds. The van der Waals surface area contributed by atoms with E-state index < -0.39 is 0 Å². The fourth-order valence-corrected chi connectivity index (χ4v) is 19.7. The summed E-state index contributed by atoms with van der Waals surface area (Å²) in [4.78, 5) is 0. The highest BCUT2D eigenvalue weighted by molar-refractivity contribution is 6.17. The van der Waals surface area contributed by atoms with Crippen LogP contribution in [0.25, 0.3) is 198 Å². The Morgan fingerprint density at radius 3 is 0.939 bits per heavy atom. The van der Waals surface area contributed by atoms with Crippen molar-refractivity contribution in [2.45, 2.75) is 38.5 Å². The topological polar surface area (TPSA) is 19.7 Å². The molecule has 4 aromatic heterocycles. The lowest BCUT2D eigenvalue weighted by Gasteiger charge is -2.21. The molecule has 0 bridgehead atoms. The third-order valence-corrected chi connectivity index (χ3v) is 25.4. The van der Waals surface area contributed by atoms with Gasteiger partial charge in [-0.05, 0) is 244 Å². The number of hydrogen-bond acceptors (Lipinski definition) is 0. The van der Waals surface area contributed by atoms with Crippen LogP contribution < -0.4 is 0 Å². The minimum atomic E-state index is -0.0973. The molecular weight excluding hydrogens is 1380 g/mol. The molecule has 2 aliphatic carbocycles. The van der Waals surface area contributed by atoms with E-state index in [9.17, 15) is 0 Å². The van der Waals surface area contributed by atoms with E-state index in [-0.39, 0.29) is 10.8 Å². The second-order valence-electron chi connectivity index (χ2n) is 32.4. The maximum Gasteiger partial charge on any atom is 0.0547 e. The summed E-state index contributed by atoms with van der Waals surface area (Å²) in [7, 11) is 0. The van der Waals surface area contributed by atoms with Gasteiger partial charge in [-0.25, -0.2) is 0 Å². The number of nitrogens with zero attached hydrogens (tertiary/aromatic N) is 4. The molecule has 0 saturated heterocycles. The Balaban J connectivity index is 0.000000135. The first-order valence-electron chi connectivity index (χ1n) is 39.8. The quantitative estimate of drug-likeness (QED) is 0.144. The predicted octanol–water partition coefficient (Wildman–Crippen LogP) is 29.3. The highest BCUT2D eigenvalue weighted by atomic mass is 15.0. The van der Waals surface area contributed by atoms with Gasteiger partial charge in [0.2, 0.25) is 0 Å². The molecule has 2 aliphatic rings. The van der Waals surface area contributed by atoms with Crippen LogP contribution in [0.4, 0.5) is 0 Å². The molecule has 0 radical (unpaired) electrons. The number of hydrogen-bond donors (Lipinski definition) is 0. The van der Waals surface area contributed by atoms with Gasteiger partial charge in [-0.3, -0.25) is 0 Å². The molecule has 0 atom stereocenters. The van der Waals surface area contributed by atoms with Gasteiger partial charge in [-0.2, -0.15) is 0 Å². The molecule has 4 heterocycles. The standard InChI is InChI=1S/2C55H38N2/c1-55(2)49-21-10-8-19-43(49)45-34-54-48(33-50(45)55)47-32-40(25-28-53(47)57(54)41-18-12-17-38(29-41)35-13-4-3-5-14-35)39-24-27-52-46(31-39)44-20-9-11-22-51(44)56(52)42-26-23-36-15-6-7-16-37(36)30-42;1-55(2)49-21-10-8-19-43(49)45-33-48-47-32-40(25-28-53(47)57(54(48)34-50(45)55)41-18-12-17-38(29-41)35-13-4-3-5-14-35)39-24-27-52-46(31-39)44-20-9-11-22-51(44)56(52)42-26-23-36-15-6-7-16-37(36)30-42/h2*3-34H,1-2H3.